The Morgan fingerprint density at radius 2 is 1.93 bits per heavy atom. The zero-order valence-corrected chi connectivity index (χ0v) is 9.36. The van der Waals surface area contributed by atoms with Crippen LogP contribution in [0.15, 0.2) is 0 Å². The summed E-state index contributed by atoms with van der Waals surface area (Å²) in [7, 11) is 0. The monoisotopic (exact) mass is 218 g/mol. The Hall–Kier alpha value is -1.10. The van der Waals surface area contributed by atoms with E-state index in [9.17, 15) is 14.7 Å². The van der Waals surface area contributed by atoms with Crippen molar-refractivity contribution in [2.75, 3.05) is 13.2 Å². The first-order chi connectivity index (χ1) is 6.99. The Morgan fingerprint density at radius 3 is 2.33 bits per heavy atom. The molecular weight excluding hydrogens is 200 g/mol. The SMILES string of the molecule is CCOC(=O)C(CCOC(C)=O)C(C)O. The van der Waals surface area contributed by atoms with Crippen molar-refractivity contribution in [2.24, 2.45) is 5.92 Å². The van der Waals surface area contributed by atoms with Gasteiger partial charge in [-0.05, 0) is 20.3 Å². The molecule has 0 aliphatic heterocycles. The molecule has 88 valence electrons. The third kappa shape index (κ3) is 6.06. The predicted molar refractivity (Wildman–Crippen MR) is 53.1 cm³/mol. The maximum atomic E-state index is 11.3. The van der Waals surface area contributed by atoms with Gasteiger partial charge < -0.3 is 14.6 Å². The number of esters is 2. The number of ether oxygens (including phenoxy) is 2. The largest absolute Gasteiger partial charge is 0.466 e. The molecule has 0 saturated carbocycles. The van der Waals surface area contributed by atoms with Crippen molar-refractivity contribution in [1.82, 2.24) is 0 Å². The summed E-state index contributed by atoms with van der Waals surface area (Å²) < 4.78 is 9.48. The van der Waals surface area contributed by atoms with E-state index in [0.717, 1.165) is 0 Å². The first kappa shape index (κ1) is 13.9. The number of aliphatic hydroxyl groups excluding tert-OH is 1. The number of hydrogen-bond donors (Lipinski definition) is 1. The standard InChI is InChI=1S/C10H18O5/c1-4-14-10(13)9(7(2)11)5-6-15-8(3)12/h7,9,11H,4-6H2,1-3H3. The molecule has 1 N–H and O–H groups in total. The van der Waals surface area contributed by atoms with Crippen LogP contribution in [0.5, 0.6) is 0 Å². The highest BCUT2D eigenvalue weighted by atomic mass is 16.5. The summed E-state index contributed by atoms with van der Waals surface area (Å²) >= 11 is 0. The predicted octanol–water partition coefficient (Wildman–Crippen LogP) is 0.500. The van der Waals surface area contributed by atoms with Gasteiger partial charge in [-0.1, -0.05) is 0 Å². The molecule has 0 rings (SSSR count). The van der Waals surface area contributed by atoms with E-state index in [1.807, 2.05) is 0 Å². The molecule has 0 aliphatic rings. The third-order valence-electron chi connectivity index (χ3n) is 1.91. The van der Waals surface area contributed by atoms with Gasteiger partial charge in [-0.25, -0.2) is 0 Å². The molecule has 5 heteroatoms. The van der Waals surface area contributed by atoms with Gasteiger partial charge in [-0.2, -0.15) is 0 Å². The summed E-state index contributed by atoms with van der Waals surface area (Å²) in [5.41, 5.74) is 0. The summed E-state index contributed by atoms with van der Waals surface area (Å²) in [6.45, 7) is 4.89. The van der Waals surface area contributed by atoms with Crippen LogP contribution in [0.4, 0.5) is 0 Å². The molecule has 2 atom stereocenters. The van der Waals surface area contributed by atoms with Gasteiger partial charge in [-0.15, -0.1) is 0 Å². The quantitative estimate of drug-likeness (QED) is 0.657. The molecule has 15 heavy (non-hydrogen) atoms. The highest BCUT2D eigenvalue weighted by Gasteiger charge is 2.24. The fourth-order valence-electron chi connectivity index (χ4n) is 1.13. The van der Waals surface area contributed by atoms with Crippen molar-refractivity contribution in [1.29, 1.82) is 0 Å². The molecule has 2 unspecified atom stereocenters. The average molecular weight is 218 g/mol. The number of carbonyl (C=O) groups is 2. The van der Waals surface area contributed by atoms with Gasteiger partial charge in [0.15, 0.2) is 0 Å². The van der Waals surface area contributed by atoms with E-state index in [2.05, 4.69) is 0 Å². The fraction of sp³-hybridized carbons (Fsp3) is 0.800. The zero-order valence-electron chi connectivity index (χ0n) is 9.36. The lowest BCUT2D eigenvalue weighted by Gasteiger charge is -2.17. The van der Waals surface area contributed by atoms with Crippen molar-refractivity contribution in [3.05, 3.63) is 0 Å². The second-order valence-electron chi connectivity index (χ2n) is 3.23. The molecule has 0 aliphatic carbocycles. The van der Waals surface area contributed by atoms with E-state index in [1.54, 1.807) is 6.92 Å². The highest BCUT2D eigenvalue weighted by Crippen LogP contribution is 2.11. The van der Waals surface area contributed by atoms with Crippen LogP contribution < -0.4 is 0 Å². The van der Waals surface area contributed by atoms with Crippen molar-refractivity contribution in [3.8, 4) is 0 Å². The lowest BCUT2D eigenvalue weighted by Crippen LogP contribution is -2.29. The lowest BCUT2D eigenvalue weighted by molar-refractivity contribution is -0.154. The van der Waals surface area contributed by atoms with E-state index in [4.69, 9.17) is 9.47 Å². The molecule has 0 spiro atoms. The molecule has 0 aromatic carbocycles. The van der Waals surface area contributed by atoms with Crippen molar-refractivity contribution < 1.29 is 24.2 Å². The molecule has 0 saturated heterocycles. The van der Waals surface area contributed by atoms with Gasteiger partial charge in [0.05, 0.1) is 25.2 Å². The van der Waals surface area contributed by atoms with E-state index in [-0.39, 0.29) is 19.6 Å². The van der Waals surface area contributed by atoms with E-state index < -0.39 is 24.0 Å². The third-order valence-corrected chi connectivity index (χ3v) is 1.91. The maximum absolute atomic E-state index is 11.3. The van der Waals surface area contributed by atoms with Crippen LogP contribution in [0.1, 0.15) is 27.2 Å². The van der Waals surface area contributed by atoms with Crippen LogP contribution in [-0.2, 0) is 19.1 Å². The lowest BCUT2D eigenvalue weighted by atomic mass is 10.0. The minimum absolute atomic E-state index is 0.115. The molecule has 0 aromatic rings. The zero-order chi connectivity index (χ0) is 11.8. The average Bonchev–Trinajstić information content (AvgIpc) is 2.11. The summed E-state index contributed by atoms with van der Waals surface area (Å²) in [6, 6.07) is 0. The Morgan fingerprint density at radius 1 is 1.33 bits per heavy atom. The van der Waals surface area contributed by atoms with Gasteiger partial charge in [0.1, 0.15) is 0 Å². The molecule has 0 aromatic heterocycles. The Kier molecular flexibility index (Phi) is 6.70. The van der Waals surface area contributed by atoms with E-state index in [0.29, 0.717) is 0 Å². The molecule has 0 amide bonds. The smallest absolute Gasteiger partial charge is 0.311 e. The first-order valence-electron chi connectivity index (χ1n) is 4.97. The fourth-order valence-corrected chi connectivity index (χ4v) is 1.13. The van der Waals surface area contributed by atoms with Gasteiger partial charge in [0.25, 0.3) is 0 Å². The van der Waals surface area contributed by atoms with E-state index in [1.165, 1.54) is 13.8 Å². The van der Waals surface area contributed by atoms with Crippen LogP contribution in [0.2, 0.25) is 0 Å². The van der Waals surface area contributed by atoms with Crippen molar-refractivity contribution >= 4 is 11.9 Å². The van der Waals surface area contributed by atoms with Crippen molar-refractivity contribution in [2.45, 2.75) is 33.3 Å². The Balaban J connectivity index is 4.04. The summed E-state index contributed by atoms with van der Waals surface area (Å²) in [4.78, 5) is 21.8. The number of hydrogen-bond acceptors (Lipinski definition) is 5. The highest BCUT2D eigenvalue weighted by molar-refractivity contribution is 5.73. The van der Waals surface area contributed by atoms with Crippen molar-refractivity contribution in [3.63, 3.8) is 0 Å². The Bertz CT molecular complexity index is 212. The molecular formula is C10H18O5. The van der Waals surface area contributed by atoms with Gasteiger partial charge in [-0.3, -0.25) is 9.59 Å². The second-order valence-corrected chi connectivity index (χ2v) is 3.23. The minimum Gasteiger partial charge on any atom is -0.466 e. The summed E-state index contributed by atoms with van der Waals surface area (Å²) in [5, 5.41) is 9.33. The molecule has 5 nitrogen and oxygen atoms in total. The van der Waals surface area contributed by atoms with Gasteiger partial charge in [0.2, 0.25) is 0 Å². The second kappa shape index (κ2) is 7.23. The van der Waals surface area contributed by atoms with Crippen LogP contribution in [0.25, 0.3) is 0 Å². The Labute approximate surface area is 89.4 Å². The summed E-state index contributed by atoms with van der Waals surface area (Å²) in [6.07, 6.45) is -0.532. The minimum atomic E-state index is -0.806. The van der Waals surface area contributed by atoms with Gasteiger partial charge >= 0.3 is 11.9 Å². The molecule has 0 fully saturated rings. The molecule has 0 bridgehead atoms. The summed E-state index contributed by atoms with van der Waals surface area (Å²) in [5.74, 6) is -1.49. The topological polar surface area (TPSA) is 72.8 Å². The molecule has 0 radical (unpaired) electrons. The first-order valence-corrected chi connectivity index (χ1v) is 4.97. The normalized spacial score (nSPS) is 14.1. The van der Waals surface area contributed by atoms with Crippen LogP contribution in [0.3, 0.4) is 0 Å². The van der Waals surface area contributed by atoms with Gasteiger partial charge in [0, 0.05) is 6.92 Å². The van der Waals surface area contributed by atoms with E-state index >= 15 is 0 Å². The van der Waals surface area contributed by atoms with Crippen LogP contribution in [-0.4, -0.2) is 36.4 Å². The maximum Gasteiger partial charge on any atom is 0.311 e. The number of aliphatic hydroxyl groups is 1. The number of rotatable bonds is 6. The van der Waals surface area contributed by atoms with Crippen LogP contribution >= 0.6 is 0 Å². The molecule has 0 heterocycles. The van der Waals surface area contributed by atoms with Crippen LogP contribution in [0, 0.1) is 5.92 Å². The number of carbonyl (C=O) groups excluding carboxylic acids is 2.